The van der Waals surface area contributed by atoms with Gasteiger partial charge in [0, 0.05) is 11.6 Å². The number of rotatable bonds is 10. The van der Waals surface area contributed by atoms with Crippen molar-refractivity contribution in [3.8, 4) is 11.5 Å². The van der Waals surface area contributed by atoms with E-state index in [-0.39, 0.29) is 24.3 Å². The van der Waals surface area contributed by atoms with Crippen LogP contribution in [-0.2, 0) is 4.79 Å². The summed E-state index contributed by atoms with van der Waals surface area (Å²) in [5.74, 6) is 1.37. The summed E-state index contributed by atoms with van der Waals surface area (Å²) < 4.78 is 10.7. The number of ether oxygens (including phenoxy) is 2. The molecule has 0 heterocycles. The predicted octanol–water partition coefficient (Wildman–Crippen LogP) is 3.61. The molecule has 5 nitrogen and oxygen atoms in total. The Kier molecular flexibility index (Phi) is 8.30. The quantitative estimate of drug-likeness (QED) is 0.663. The third-order valence-corrected chi connectivity index (χ3v) is 3.75. The van der Waals surface area contributed by atoms with Crippen LogP contribution in [0.15, 0.2) is 18.2 Å². The second kappa shape index (κ2) is 9.96. The summed E-state index contributed by atoms with van der Waals surface area (Å²) >= 11 is 0. The van der Waals surface area contributed by atoms with E-state index in [1.54, 1.807) is 18.2 Å². The van der Waals surface area contributed by atoms with Crippen molar-refractivity contribution in [1.29, 1.82) is 0 Å². The third-order valence-electron chi connectivity index (χ3n) is 3.75. The predicted molar refractivity (Wildman–Crippen MR) is 94.8 cm³/mol. The molecule has 1 amide bonds. The van der Waals surface area contributed by atoms with Crippen molar-refractivity contribution in [3.05, 3.63) is 23.8 Å². The number of nitrogens with one attached hydrogen (secondary N) is 1. The SMILES string of the molecule is COc1cc(C(C)=O)ccc1OCC(=O)NC(C)CCCC(C)C. The van der Waals surface area contributed by atoms with Crippen molar-refractivity contribution in [3.63, 3.8) is 0 Å². The van der Waals surface area contributed by atoms with E-state index < -0.39 is 0 Å². The zero-order valence-electron chi connectivity index (χ0n) is 15.3. The molecule has 0 aromatic heterocycles. The summed E-state index contributed by atoms with van der Waals surface area (Å²) in [5.41, 5.74) is 0.544. The van der Waals surface area contributed by atoms with Gasteiger partial charge in [0.15, 0.2) is 23.9 Å². The molecule has 1 aromatic rings. The van der Waals surface area contributed by atoms with Crippen molar-refractivity contribution < 1.29 is 19.1 Å². The molecule has 24 heavy (non-hydrogen) atoms. The molecule has 1 unspecified atom stereocenters. The molecule has 1 atom stereocenters. The van der Waals surface area contributed by atoms with Crippen molar-refractivity contribution in [2.75, 3.05) is 13.7 Å². The van der Waals surface area contributed by atoms with Gasteiger partial charge in [-0.25, -0.2) is 0 Å². The van der Waals surface area contributed by atoms with E-state index in [1.807, 2.05) is 6.92 Å². The Labute approximate surface area is 144 Å². The average Bonchev–Trinajstić information content (AvgIpc) is 2.52. The van der Waals surface area contributed by atoms with Crippen LogP contribution in [0, 0.1) is 5.92 Å². The van der Waals surface area contributed by atoms with E-state index in [4.69, 9.17) is 9.47 Å². The zero-order valence-corrected chi connectivity index (χ0v) is 15.3. The molecule has 0 saturated carbocycles. The lowest BCUT2D eigenvalue weighted by molar-refractivity contribution is -0.123. The van der Waals surface area contributed by atoms with E-state index in [2.05, 4.69) is 19.2 Å². The van der Waals surface area contributed by atoms with Gasteiger partial charge in [0.05, 0.1) is 7.11 Å². The summed E-state index contributed by atoms with van der Waals surface area (Å²) in [4.78, 5) is 23.3. The highest BCUT2D eigenvalue weighted by Gasteiger charge is 2.12. The number of carbonyl (C=O) groups excluding carboxylic acids is 2. The lowest BCUT2D eigenvalue weighted by Crippen LogP contribution is -2.36. The first-order valence-corrected chi connectivity index (χ1v) is 8.44. The number of methoxy groups -OCH3 is 1. The van der Waals surface area contributed by atoms with Crippen LogP contribution in [0.2, 0.25) is 0 Å². The summed E-state index contributed by atoms with van der Waals surface area (Å²) in [6.45, 7) is 7.80. The maximum absolute atomic E-state index is 12.0. The Balaban J connectivity index is 2.47. The second-order valence-corrected chi connectivity index (χ2v) is 6.50. The van der Waals surface area contributed by atoms with Gasteiger partial charge in [-0.15, -0.1) is 0 Å². The largest absolute Gasteiger partial charge is 0.493 e. The monoisotopic (exact) mass is 335 g/mol. The zero-order chi connectivity index (χ0) is 18.1. The smallest absolute Gasteiger partial charge is 0.258 e. The van der Waals surface area contributed by atoms with Gasteiger partial charge in [-0.1, -0.05) is 26.7 Å². The summed E-state index contributed by atoms with van der Waals surface area (Å²) in [6, 6.07) is 5.05. The molecule has 134 valence electrons. The molecular formula is C19H29NO4. The molecule has 1 aromatic carbocycles. The average molecular weight is 335 g/mol. The van der Waals surface area contributed by atoms with Crippen LogP contribution in [0.4, 0.5) is 0 Å². The molecule has 0 bridgehead atoms. The van der Waals surface area contributed by atoms with Crippen molar-refractivity contribution in [1.82, 2.24) is 5.32 Å². The number of Topliss-reactive ketones (excluding diaryl/α,β-unsaturated/α-hetero) is 1. The number of carbonyl (C=O) groups is 2. The Morgan fingerprint density at radius 1 is 1.12 bits per heavy atom. The Morgan fingerprint density at radius 3 is 2.42 bits per heavy atom. The van der Waals surface area contributed by atoms with E-state index in [0.29, 0.717) is 23.0 Å². The summed E-state index contributed by atoms with van der Waals surface area (Å²) in [7, 11) is 1.50. The number of benzene rings is 1. The maximum Gasteiger partial charge on any atom is 0.258 e. The first kappa shape index (κ1) is 20.0. The second-order valence-electron chi connectivity index (χ2n) is 6.50. The molecule has 0 aliphatic heterocycles. The molecule has 5 heteroatoms. The van der Waals surface area contributed by atoms with E-state index in [1.165, 1.54) is 14.0 Å². The maximum atomic E-state index is 12.0. The Hall–Kier alpha value is -2.04. The molecule has 0 fully saturated rings. The summed E-state index contributed by atoms with van der Waals surface area (Å²) in [5, 5.41) is 2.93. The van der Waals surface area contributed by atoms with E-state index in [9.17, 15) is 9.59 Å². The fourth-order valence-corrected chi connectivity index (χ4v) is 2.37. The first-order valence-electron chi connectivity index (χ1n) is 8.44. The minimum Gasteiger partial charge on any atom is -0.493 e. The fourth-order valence-electron chi connectivity index (χ4n) is 2.37. The highest BCUT2D eigenvalue weighted by molar-refractivity contribution is 5.94. The molecule has 0 saturated heterocycles. The minimum atomic E-state index is -0.162. The van der Waals surface area contributed by atoms with Crippen LogP contribution in [0.1, 0.15) is 57.3 Å². The van der Waals surface area contributed by atoms with E-state index >= 15 is 0 Å². The van der Waals surface area contributed by atoms with Crippen LogP contribution in [0.5, 0.6) is 11.5 Å². The number of amides is 1. The van der Waals surface area contributed by atoms with Crippen molar-refractivity contribution >= 4 is 11.7 Å². The molecule has 0 aliphatic carbocycles. The van der Waals surface area contributed by atoms with Crippen molar-refractivity contribution in [2.45, 2.75) is 53.0 Å². The van der Waals surface area contributed by atoms with Gasteiger partial charge in [0.1, 0.15) is 0 Å². The minimum absolute atomic E-state index is 0.0483. The topological polar surface area (TPSA) is 64.6 Å². The van der Waals surface area contributed by atoms with Crippen LogP contribution < -0.4 is 14.8 Å². The lowest BCUT2D eigenvalue weighted by atomic mass is 10.0. The molecule has 1 N–H and O–H groups in total. The van der Waals surface area contributed by atoms with Gasteiger partial charge in [-0.3, -0.25) is 9.59 Å². The number of ketones is 1. The number of hydrogen-bond acceptors (Lipinski definition) is 4. The highest BCUT2D eigenvalue weighted by atomic mass is 16.5. The standard InChI is InChI=1S/C19H29NO4/c1-13(2)7-6-8-14(3)20-19(22)12-24-17-10-9-16(15(4)21)11-18(17)23-5/h9-11,13-14H,6-8,12H2,1-5H3,(H,20,22). The lowest BCUT2D eigenvalue weighted by Gasteiger charge is -2.16. The fraction of sp³-hybridized carbons (Fsp3) is 0.579. The molecule has 0 spiro atoms. The van der Waals surface area contributed by atoms with Crippen molar-refractivity contribution in [2.24, 2.45) is 5.92 Å². The van der Waals surface area contributed by atoms with Gasteiger partial charge in [0.25, 0.3) is 5.91 Å². The van der Waals surface area contributed by atoms with Crippen LogP contribution >= 0.6 is 0 Å². The highest BCUT2D eigenvalue weighted by Crippen LogP contribution is 2.28. The van der Waals surface area contributed by atoms with E-state index in [0.717, 1.165) is 19.3 Å². The normalized spacial score (nSPS) is 11.9. The van der Waals surface area contributed by atoms with Gasteiger partial charge in [-0.2, -0.15) is 0 Å². The molecule has 0 radical (unpaired) electrons. The Bertz CT molecular complexity index is 554. The van der Waals surface area contributed by atoms with Gasteiger partial charge < -0.3 is 14.8 Å². The molecule has 0 aliphatic rings. The van der Waals surface area contributed by atoms with Gasteiger partial charge in [0.2, 0.25) is 0 Å². The third kappa shape index (κ3) is 7.02. The van der Waals surface area contributed by atoms with Crippen LogP contribution in [0.25, 0.3) is 0 Å². The van der Waals surface area contributed by atoms with Gasteiger partial charge in [-0.05, 0) is 44.4 Å². The first-order chi connectivity index (χ1) is 11.3. The number of hydrogen-bond donors (Lipinski definition) is 1. The van der Waals surface area contributed by atoms with Crippen LogP contribution in [0.3, 0.4) is 0 Å². The molecular weight excluding hydrogens is 306 g/mol. The Morgan fingerprint density at radius 2 is 1.83 bits per heavy atom. The van der Waals surface area contributed by atoms with Crippen LogP contribution in [-0.4, -0.2) is 31.4 Å². The summed E-state index contributed by atoms with van der Waals surface area (Å²) in [6.07, 6.45) is 3.22. The van der Waals surface area contributed by atoms with Gasteiger partial charge >= 0.3 is 0 Å². The molecule has 1 rings (SSSR count).